The number of furan rings is 1. The Balaban J connectivity index is 1.48. The number of hydrogen-bond donors (Lipinski definition) is 2. The number of aryl methyl sites for hydroxylation is 1. The second-order valence-electron chi connectivity index (χ2n) is 7.09. The highest BCUT2D eigenvalue weighted by Gasteiger charge is 2.30. The van der Waals surface area contributed by atoms with E-state index in [1.807, 2.05) is 36.4 Å². The Morgan fingerprint density at radius 1 is 1.07 bits per heavy atom. The largest absolute Gasteiger partial charge is 0.481 e. The molecule has 2 aromatic carbocycles. The first-order chi connectivity index (χ1) is 14.0. The van der Waals surface area contributed by atoms with Gasteiger partial charge < -0.3 is 19.6 Å². The molecule has 1 amide bonds. The van der Waals surface area contributed by atoms with Crippen molar-refractivity contribution in [2.75, 3.05) is 6.61 Å². The van der Waals surface area contributed by atoms with Gasteiger partial charge in [-0.2, -0.15) is 0 Å². The van der Waals surface area contributed by atoms with Gasteiger partial charge in [0.2, 0.25) is 0 Å². The van der Waals surface area contributed by atoms with Gasteiger partial charge in [-0.15, -0.1) is 0 Å². The highest BCUT2D eigenvalue weighted by molar-refractivity contribution is 5.79. The summed E-state index contributed by atoms with van der Waals surface area (Å²) < 4.78 is 10.9. The van der Waals surface area contributed by atoms with Crippen LogP contribution in [-0.4, -0.2) is 23.8 Å². The molecule has 1 atom stereocenters. The van der Waals surface area contributed by atoms with E-state index >= 15 is 0 Å². The molecule has 0 radical (unpaired) electrons. The molecule has 1 aliphatic carbocycles. The summed E-state index contributed by atoms with van der Waals surface area (Å²) in [6.07, 6.45) is 0.506. The lowest BCUT2D eigenvalue weighted by Crippen LogP contribution is -2.31. The molecule has 0 saturated carbocycles. The number of carbonyl (C=O) groups excluding carboxylic acids is 1. The Kier molecular flexibility index (Phi) is 5.08. The van der Waals surface area contributed by atoms with E-state index in [1.54, 1.807) is 13.0 Å². The number of hydrogen-bond acceptors (Lipinski definition) is 4. The van der Waals surface area contributed by atoms with Gasteiger partial charge in [-0.3, -0.25) is 4.79 Å². The van der Waals surface area contributed by atoms with Gasteiger partial charge in [0, 0.05) is 5.92 Å². The van der Waals surface area contributed by atoms with Crippen molar-refractivity contribution in [3.8, 4) is 11.1 Å². The van der Waals surface area contributed by atoms with Gasteiger partial charge >= 0.3 is 12.1 Å². The molecule has 2 N–H and O–H groups in total. The molecule has 6 nitrogen and oxygen atoms in total. The number of alkyl carbamates (subject to hydrolysis) is 1. The van der Waals surface area contributed by atoms with Crippen LogP contribution >= 0.6 is 0 Å². The Labute approximate surface area is 168 Å². The van der Waals surface area contributed by atoms with Crippen molar-refractivity contribution in [2.45, 2.75) is 25.3 Å². The zero-order valence-corrected chi connectivity index (χ0v) is 15.9. The molecule has 0 aliphatic heterocycles. The van der Waals surface area contributed by atoms with Gasteiger partial charge in [0.15, 0.2) is 0 Å². The number of nitrogens with one attached hydrogen (secondary N) is 1. The Morgan fingerprint density at radius 3 is 2.24 bits per heavy atom. The van der Waals surface area contributed by atoms with Crippen molar-refractivity contribution >= 4 is 12.1 Å². The third-order valence-corrected chi connectivity index (χ3v) is 5.23. The summed E-state index contributed by atoms with van der Waals surface area (Å²) in [6, 6.07) is 17.1. The average Bonchev–Trinajstić information content (AvgIpc) is 3.27. The van der Waals surface area contributed by atoms with Crippen LogP contribution in [0.3, 0.4) is 0 Å². The molecule has 0 unspecified atom stereocenters. The van der Waals surface area contributed by atoms with E-state index in [2.05, 4.69) is 17.4 Å². The highest BCUT2D eigenvalue weighted by atomic mass is 16.5. The fourth-order valence-corrected chi connectivity index (χ4v) is 3.91. The first kappa shape index (κ1) is 18.8. The molecule has 4 rings (SSSR count). The van der Waals surface area contributed by atoms with E-state index in [9.17, 15) is 14.7 Å². The van der Waals surface area contributed by atoms with E-state index in [0.717, 1.165) is 27.8 Å². The van der Waals surface area contributed by atoms with Crippen molar-refractivity contribution in [2.24, 2.45) is 0 Å². The molecular weight excluding hydrogens is 370 g/mol. The molecule has 3 aromatic rings. The van der Waals surface area contributed by atoms with Gasteiger partial charge in [0.05, 0.1) is 12.7 Å². The van der Waals surface area contributed by atoms with Crippen LogP contribution in [0.15, 0.2) is 65.3 Å². The topological polar surface area (TPSA) is 88.8 Å². The number of carboxylic acid groups (broad SMARTS) is 1. The van der Waals surface area contributed by atoms with Crippen molar-refractivity contribution in [3.05, 3.63) is 83.3 Å². The van der Waals surface area contributed by atoms with Gasteiger partial charge in [-0.1, -0.05) is 48.5 Å². The maximum atomic E-state index is 12.5. The second kappa shape index (κ2) is 7.83. The number of rotatable bonds is 6. The minimum Gasteiger partial charge on any atom is -0.481 e. The normalized spacial score (nSPS) is 13.4. The van der Waals surface area contributed by atoms with E-state index < -0.39 is 18.1 Å². The minimum atomic E-state index is -1.04. The number of carbonyl (C=O) groups is 2. The molecule has 1 heterocycles. The van der Waals surface area contributed by atoms with Gasteiger partial charge in [-0.05, 0) is 40.8 Å². The van der Waals surface area contributed by atoms with Crippen LogP contribution in [0.4, 0.5) is 4.79 Å². The molecule has 0 bridgehead atoms. The minimum absolute atomic E-state index is 0.0589. The average molecular weight is 391 g/mol. The van der Waals surface area contributed by atoms with Crippen LogP contribution < -0.4 is 5.32 Å². The Morgan fingerprint density at radius 2 is 1.69 bits per heavy atom. The summed E-state index contributed by atoms with van der Waals surface area (Å²) in [5.41, 5.74) is 5.30. The number of aliphatic carboxylic acids is 1. The monoisotopic (exact) mass is 391 g/mol. The van der Waals surface area contributed by atoms with E-state index in [1.165, 1.54) is 6.26 Å². The van der Waals surface area contributed by atoms with Crippen molar-refractivity contribution < 1.29 is 23.8 Å². The second-order valence-corrected chi connectivity index (χ2v) is 7.09. The summed E-state index contributed by atoms with van der Waals surface area (Å²) in [4.78, 5) is 23.7. The molecule has 0 fully saturated rings. The highest BCUT2D eigenvalue weighted by Crippen LogP contribution is 2.44. The third kappa shape index (κ3) is 3.74. The van der Waals surface area contributed by atoms with Gasteiger partial charge in [-0.25, -0.2) is 4.79 Å². The molecule has 148 valence electrons. The predicted octanol–water partition coefficient (Wildman–Crippen LogP) is 4.64. The Bertz CT molecular complexity index is 1010. The standard InChI is InChI=1S/C23H21NO5/c1-14-10-11-28-22(14)20(12-21(25)26)24-23(27)29-13-19-17-8-4-2-6-15(17)16-7-3-5-9-18(16)19/h2-11,19-20H,12-13H2,1H3,(H,24,27)(H,25,26)/t20-/m1/s1. The zero-order chi connectivity index (χ0) is 20.4. The van der Waals surface area contributed by atoms with Crippen LogP contribution in [0.5, 0.6) is 0 Å². The molecule has 0 spiro atoms. The van der Waals surface area contributed by atoms with Crippen molar-refractivity contribution in [1.82, 2.24) is 5.32 Å². The molecule has 1 aromatic heterocycles. The van der Waals surface area contributed by atoms with E-state index in [4.69, 9.17) is 9.15 Å². The summed E-state index contributed by atoms with van der Waals surface area (Å²) in [5, 5.41) is 11.8. The quantitative estimate of drug-likeness (QED) is 0.639. The van der Waals surface area contributed by atoms with Crippen LogP contribution in [0, 0.1) is 6.92 Å². The lowest BCUT2D eigenvalue weighted by molar-refractivity contribution is -0.137. The molecule has 1 aliphatic rings. The van der Waals surface area contributed by atoms with Crippen LogP contribution in [0.25, 0.3) is 11.1 Å². The SMILES string of the molecule is Cc1ccoc1[C@@H](CC(=O)O)NC(=O)OCC1c2ccccc2-c2ccccc21. The van der Waals surface area contributed by atoms with E-state index in [0.29, 0.717) is 5.76 Å². The maximum absolute atomic E-state index is 12.5. The zero-order valence-electron chi connectivity index (χ0n) is 15.9. The Hall–Kier alpha value is -3.54. The fraction of sp³-hybridized carbons (Fsp3) is 0.217. The third-order valence-electron chi connectivity index (χ3n) is 5.23. The number of carboxylic acids is 1. The number of amides is 1. The lowest BCUT2D eigenvalue weighted by Gasteiger charge is -2.18. The molecular formula is C23H21NO5. The van der Waals surface area contributed by atoms with Crippen molar-refractivity contribution in [1.29, 1.82) is 0 Å². The predicted molar refractivity (Wildman–Crippen MR) is 107 cm³/mol. The molecule has 6 heteroatoms. The van der Waals surface area contributed by atoms with Crippen molar-refractivity contribution in [3.63, 3.8) is 0 Å². The maximum Gasteiger partial charge on any atom is 0.407 e. The molecule has 29 heavy (non-hydrogen) atoms. The van der Waals surface area contributed by atoms with Crippen LogP contribution in [0.1, 0.15) is 40.8 Å². The van der Waals surface area contributed by atoms with Gasteiger partial charge in [0.1, 0.15) is 18.4 Å². The van der Waals surface area contributed by atoms with Crippen LogP contribution in [0.2, 0.25) is 0 Å². The summed E-state index contributed by atoms with van der Waals surface area (Å²) >= 11 is 0. The van der Waals surface area contributed by atoms with Gasteiger partial charge in [0.25, 0.3) is 0 Å². The molecule has 0 saturated heterocycles. The summed E-state index contributed by atoms with van der Waals surface area (Å²) in [7, 11) is 0. The fourth-order valence-electron chi connectivity index (χ4n) is 3.91. The number of fused-ring (bicyclic) bond motifs is 3. The van der Waals surface area contributed by atoms with Crippen LogP contribution in [-0.2, 0) is 9.53 Å². The lowest BCUT2D eigenvalue weighted by atomic mass is 9.98. The number of ether oxygens (including phenoxy) is 1. The summed E-state index contributed by atoms with van der Waals surface area (Å²) in [6.45, 7) is 1.96. The van der Waals surface area contributed by atoms with E-state index in [-0.39, 0.29) is 18.9 Å². The first-order valence-corrected chi connectivity index (χ1v) is 9.42. The summed E-state index contributed by atoms with van der Waals surface area (Å²) in [5.74, 6) is -0.679. The number of benzene rings is 2. The first-order valence-electron chi connectivity index (χ1n) is 9.42. The smallest absolute Gasteiger partial charge is 0.407 e.